The third-order valence-corrected chi connectivity index (χ3v) is 7.93. The molecule has 1 amide bonds. The van der Waals surface area contributed by atoms with Gasteiger partial charge in [-0.05, 0) is 43.4 Å². The molecule has 3 heterocycles. The van der Waals surface area contributed by atoms with Crippen molar-refractivity contribution in [1.29, 1.82) is 5.26 Å². The highest BCUT2D eigenvalue weighted by Crippen LogP contribution is 2.47. The quantitative estimate of drug-likeness (QED) is 0.404. The number of benzene rings is 1. The minimum absolute atomic E-state index is 0.0354. The normalized spacial score (nSPS) is 17.5. The predicted octanol–water partition coefficient (Wildman–Crippen LogP) is 5.10. The molecular weight excluding hydrogens is 488 g/mol. The Balaban J connectivity index is 1.58. The molecule has 1 aliphatic carbocycles. The van der Waals surface area contributed by atoms with Crippen molar-refractivity contribution in [2.45, 2.75) is 52.0 Å². The van der Waals surface area contributed by atoms with Gasteiger partial charge in [-0.1, -0.05) is 32.6 Å². The predicted molar refractivity (Wildman–Crippen MR) is 153 cm³/mol. The fourth-order valence-electron chi connectivity index (χ4n) is 5.64. The number of pyridine rings is 1. The van der Waals surface area contributed by atoms with E-state index >= 15 is 0 Å². The molecule has 2 aromatic heterocycles. The number of nitrogens with zero attached hydrogens (tertiary/aromatic N) is 6. The number of hydrogen-bond acceptors (Lipinski definition) is 7. The third kappa shape index (κ3) is 5.11. The summed E-state index contributed by atoms with van der Waals surface area (Å²) in [5.41, 5.74) is 6.82. The van der Waals surface area contributed by atoms with Crippen molar-refractivity contribution in [3.63, 3.8) is 0 Å². The van der Waals surface area contributed by atoms with E-state index in [1.54, 1.807) is 19.4 Å². The summed E-state index contributed by atoms with van der Waals surface area (Å²) in [5.74, 6) is 1.47. The zero-order chi connectivity index (χ0) is 27.7. The first kappa shape index (κ1) is 26.8. The van der Waals surface area contributed by atoms with Crippen LogP contribution >= 0.6 is 0 Å². The lowest BCUT2D eigenvalue weighted by molar-refractivity contribution is -0.135. The number of piperazine rings is 1. The number of carbonyl (C=O) groups is 1. The summed E-state index contributed by atoms with van der Waals surface area (Å²) in [6.07, 6.45) is 5.97. The molecule has 8 nitrogen and oxygen atoms in total. The van der Waals surface area contributed by atoms with Crippen molar-refractivity contribution in [3.8, 4) is 17.2 Å². The Morgan fingerprint density at radius 2 is 2.08 bits per heavy atom. The van der Waals surface area contributed by atoms with Gasteiger partial charge in [0, 0.05) is 43.8 Å². The molecule has 3 aromatic rings. The fourth-order valence-corrected chi connectivity index (χ4v) is 5.64. The second-order valence-corrected chi connectivity index (χ2v) is 10.8. The largest absolute Gasteiger partial charge is 0.384 e. The minimum atomic E-state index is 0.0354. The number of aromatic nitrogens is 3. The monoisotopic (exact) mass is 524 g/mol. The van der Waals surface area contributed by atoms with Crippen LogP contribution in [0.25, 0.3) is 28.2 Å². The van der Waals surface area contributed by atoms with Crippen molar-refractivity contribution in [2.24, 2.45) is 5.92 Å². The molecular formula is C31H36N6O2. The van der Waals surface area contributed by atoms with E-state index in [2.05, 4.69) is 42.4 Å². The van der Waals surface area contributed by atoms with Crippen LogP contribution in [0.2, 0.25) is 0 Å². The summed E-state index contributed by atoms with van der Waals surface area (Å²) in [5, 5.41) is 10.4. The highest BCUT2D eigenvalue weighted by molar-refractivity contribution is 5.94. The number of amides is 1. The second-order valence-electron chi connectivity index (χ2n) is 10.8. The number of rotatable bonds is 8. The van der Waals surface area contributed by atoms with Gasteiger partial charge in [0.25, 0.3) is 0 Å². The lowest BCUT2D eigenvalue weighted by Gasteiger charge is -2.44. The van der Waals surface area contributed by atoms with E-state index < -0.39 is 0 Å². The van der Waals surface area contributed by atoms with Crippen molar-refractivity contribution in [3.05, 3.63) is 53.5 Å². The summed E-state index contributed by atoms with van der Waals surface area (Å²) < 4.78 is 5.14. The van der Waals surface area contributed by atoms with Crippen LogP contribution in [0.15, 0.2) is 31.0 Å². The summed E-state index contributed by atoms with van der Waals surface area (Å²) in [7, 11) is 1.62. The molecule has 0 spiro atoms. The number of anilines is 1. The number of ether oxygens (including phenoxy) is 1. The third-order valence-electron chi connectivity index (χ3n) is 7.93. The van der Waals surface area contributed by atoms with E-state index in [0.29, 0.717) is 44.1 Å². The number of methoxy groups -OCH3 is 1. The Labute approximate surface area is 230 Å². The smallest absolute Gasteiger partial charge is 0.225 e. The number of hydrogen-bond donors (Lipinski definition) is 0. The van der Waals surface area contributed by atoms with Crippen molar-refractivity contribution >= 4 is 28.8 Å². The van der Waals surface area contributed by atoms with Crippen LogP contribution in [0.5, 0.6) is 0 Å². The molecule has 1 saturated carbocycles. The molecule has 0 radical (unpaired) electrons. The molecule has 0 unspecified atom stereocenters. The topological polar surface area (TPSA) is 95.2 Å². The van der Waals surface area contributed by atoms with Crippen LogP contribution in [0.1, 0.15) is 61.5 Å². The minimum Gasteiger partial charge on any atom is -0.384 e. The first-order chi connectivity index (χ1) is 18.9. The average Bonchev–Trinajstić information content (AvgIpc) is 3.80. The zero-order valence-corrected chi connectivity index (χ0v) is 23.3. The molecule has 2 fully saturated rings. The molecule has 1 saturated heterocycles. The Bertz CT molecular complexity index is 1460. The Morgan fingerprint density at radius 3 is 2.74 bits per heavy atom. The van der Waals surface area contributed by atoms with Crippen LogP contribution in [0.4, 0.5) is 5.82 Å². The van der Waals surface area contributed by atoms with Gasteiger partial charge in [0.2, 0.25) is 5.91 Å². The molecule has 0 bridgehead atoms. The maximum Gasteiger partial charge on any atom is 0.225 e. The van der Waals surface area contributed by atoms with Gasteiger partial charge in [-0.3, -0.25) is 9.78 Å². The van der Waals surface area contributed by atoms with E-state index in [9.17, 15) is 10.1 Å². The SMILES string of the molecule is C=Cc1cnc2c(-c3c(C4CC4)nc(N4CCN(C(=O)CCOC)[C@H](C(C)C)C4)c(C#N)c3C)cccc2n1. The van der Waals surface area contributed by atoms with Crippen LogP contribution in [0.3, 0.4) is 0 Å². The molecule has 1 aliphatic heterocycles. The van der Waals surface area contributed by atoms with Crippen LogP contribution in [0, 0.1) is 24.2 Å². The maximum absolute atomic E-state index is 12.9. The van der Waals surface area contributed by atoms with Crippen molar-refractivity contribution in [2.75, 3.05) is 38.3 Å². The first-order valence-corrected chi connectivity index (χ1v) is 13.7. The van der Waals surface area contributed by atoms with Gasteiger partial charge in [0.05, 0.1) is 53.3 Å². The number of nitriles is 1. The number of fused-ring (bicyclic) bond motifs is 1. The second kappa shape index (κ2) is 11.1. The summed E-state index contributed by atoms with van der Waals surface area (Å²) in [4.78, 5) is 31.8. The van der Waals surface area contributed by atoms with Gasteiger partial charge in [0.15, 0.2) is 0 Å². The standard InChI is InChI=1S/C31H36N6O2/c1-6-22-17-33-30-23(8-7-9-25(30)34-22)28-20(4)24(16-32)31(35-29(28)21-10-11-21)36-13-14-37(26(18-36)19(2)3)27(38)12-15-39-5/h6-9,17,19,21,26H,1,10-15,18H2,2-5H3/t26-/m0/s1. The first-order valence-electron chi connectivity index (χ1n) is 13.7. The number of carbonyl (C=O) groups excluding carboxylic acids is 1. The van der Waals surface area contributed by atoms with E-state index in [0.717, 1.165) is 57.8 Å². The van der Waals surface area contributed by atoms with Crippen molar-refractivity contribution < 1.29 is 9.53 Å². The molecule has 39 heavy (non-hydrogen) atoms. The molecule has 5 rings (SSSR count). The zero-order valence-electron chi connectivity index (χ0n) is 23.3. The Morgan fingerprint density at radius 1 is 1.28 bits per heavy atom. The molecule has 1 aromatic carbocycles. The van der Waals surface area contributed by atoms with E-state index in [4.69, 9.17) is 14.7 Å². The average molecular weight is 525 g/mol. The highest BCUT2D eigenvalue weighted by Gasteiger charge is 2.36. The van der Waals surface area contributed by atoms with Crippen LogP contribution in [-0.4, -0.2) is 65.2 Å². The Hall–Kier alpha value is -3.83. The lowest BCUT2D eigenvalue weighted by Crippen LogP contribution is -2.57. The fraction of sp³-hybridized carbons (Fsp3) is 0.452. The van der Waals surface area contributed by atoms with Gasteiger partial charge in [-0.25, -0.2) is 9.97 Å². The van der Waals surface area contributed by atoms with Gasteiger partial charge in [-0.15, -0.1) is 0 Å². The molecule has 0 N–H and O–H groups in total. The van der Waals surface area contributed by atoms with E-state index in [1.165, 1.54) is 0 Å². The van der Waals surface area contributed by atoms with E-state index in [-0.39, 0.29) is 17.9 Å². The molecule has 2 aliphatic rings. The summed E-state index contributed by atoms with van der Waals surface area (Å²) >= 11 is 0. The van der Waals surface area contributed by atoms with Gasteiger partial charge in [0.1, 0.15) is 11.9 Å². The van der Waals surface area contributed by atoms with Gasteiger partial charge in [-0.2, -0.15) is 5.26 Å². The molecule has 1 atom stereocenters. The van der Waals surface area contributed by atoms with Crippen LogP contribution < -0.4 is 4.90 Å². The van der Waals surface area contributed by atoms with Crippen LogP contribution in [-0.2, 0) is 9.53 Å². The highest BCUT2D eigenvalue weighted by atomic mass is 16.5. The van der Waals surface area contributed by atoms with Gasteiger partial charge < -0.3 is 14.5 Å². The number of para-hydroxylation sites is 1. The van der Waals surface area contributed by atoms with E-state index in [1.807, 2.05) is 24.0 Å². The maximum atomic E-state index is 12.9. The summed E-state index contributed by atoms with van der Waals surface area (Å²) in [6, 6.07) is 8.52. The summed E-state index contributed by atoms with van der Waals surface area (Å²) in [6.45, 7) is 12.4. The molecule has 202 valence electrons. The van der Waals surface area contributed by atoms with Crippen molar-refractivity contribution in [1.82, 2.24) is 19.9 Å². The Kier molecular flexibility index (Phi) is 7.62. The molecule has 8 heteroatoms. The lowest BCUT2D eigenvalue weighted by atomic mass is 9.92. The van der Waals surface area contributed by atoms with Gasteiger partial charge >= 0.3 is 0 Å².